The number of benzene rings is 2. The lowest BCUT2D eigenvalue weighted by molar-refractivity contribution is -0.137. The number of ether oxygens (including phenoxy) is 1. The second-order valence-corrected chi connectivity index (χ2v) is 8.42. The molecule has 0 aromatic heterocycles. The highest BCUT2D eigenvalue weighted by Gasteiger charge is 2.31. The van der Waals surface area contributed by atoms with Gasteiger partial charge in [-0.2, -0.15) is 17.5 Å². The molecule has 0 atom stereocenters. The largest absolute Gasteiger partial charge is 0.494 e. The minimum atomic E-state index is -4.61. The van der Waals surface area contributed by atoms with E-state index < -0.39 is 34.2 Å². The lowest BCUT2D eigenvalue weighted by Crippen LogP contribution is -2.37. The van der Waals surface area contributed by atoms with Crippen molar-refractivity contribution < 1.29 is 31.1 Å². The summed E-state index contributed by atoms with van der Waals surface area (Å²) in [6, 6.07) is 8.17. The summed E-state index contributed by atoms with van der Waals surface area (Å²) in [6.45, 7) is 3.12. The van der Waals surface area contributed by atoms with E-state index in [2.05, 4.69) is 5.32 Å². The van der Waals surface area contributed by atoms with Crippen LogP contribution in [0.4, 0.5) is 18.9 Å². The molecule has 0 aliphatic rings. The molecule has 2 rings (SSSR count). The molecular formula is C19H20ClF3N2O4S. The molecule has 1 amide bonds. The Morgan fingerprint density at radius 3 is 2.30 bits per heavy atom. The second kappa shape index (κ2) is 9.67. The standard InChI is InChI=1S/C19H20ClF3N2O4S/c1-3-25(30(27,28)15-8-6-14(7-9-15)29-4-2)12-18(26)24-17-11-13(19(21,22)23)5-10-16(17)20/h5-11H,3-4,12H2,1-2H3,(H,24,26). The van der Waals surface area contributed by atoms with Crippen molar-refractivity contribution in [2.45, 2.75) is 24.9 Å². The van der Waals surface area contributed by atoms with Gasteiger partial charge in [0.2, 0.25) is 15.9 Å². The number of carbonyl (C=O) groups is 1. The lowest BCUT2D eigenvalue weighted by Gasteiger charge is -2.20. The monoisotopic (exact) mass is 464 g/mol. The molecule has 0 heterocycles. The molecule has 0 saturated heterocycles. The summed E-state index contributed by atoms with van der Waals surface area (Å²) in [5.41, 5.74) is -1.25. The van der Waals surface area contributed by atoms with E-state index in [1.807, 2.05) is 0 Å². The number of carbonyl (C=O) groups excluding carboxylic acids is 1. The lowest BCUT2D eigenvalue weighted by atomic mass is 10.2. The van der Waals surface area contributed by atoms with E-state index in [9.17, 15) is 26.4 Å². The smallest absolute Gasteiger partial charge is 0.416 e. The number of nitrogens with one attached hydrogen (secondary N) is 1. The highest BCUT2D eigenvalue weighted by Crippen LogP contribution is 2.33. The Bertz CT molecular complexity index is 996. The number of rotatable bonds is 8. The van der Waals surface area contributed by atoms with Crippen LogP contribution in [0.25, 0.3) is 0 Å². The molecule has 0 spiro atoms. The predicted octanol–water partition coefficient (Wildman–Crippen LogP) is 4.41. The van der Waals surface area contributed by atoms with Crippen LogP contribution in [-0.2, 0) is 21.0 Å². The third-order valence-corrected chi connectivity index (χ3v) is 6.28. The zero-order valence-corrected chi connectivity index (χ0v) is 17.7. The fourth-order valence-electron chi connectivity index (χ4n) is 2.54. The molecule has 11 heteroatoms. The second-order valence-electron chi connectivity index (χ2n) is 6.08. The average molecular weight is 465 g/mol. The Hall–Kier alpha value is -2.30. The van der Waals surface area contributed by atoms with Crippen LogP contribution in [0, 0.1) is 0 Å². The van der Waals surface area contributed by atoms with Crippen LogP contribution in [-0.4, -0.2) is 38.3 Å². The van der Waals surface area contributed by atoms with Gasteiger partial charge in [0.05, 0.1) is 34.3 Å². The van der Waals surface area contributed by atoms with Crippen molar-refractivity contribution >= 4 is 33.2 Å². The maximum absolute atomic E-state index is 12.9. The van der Waals surface area contributed by atoms with E-state index in [-0.39, 0.29) is 22.2 Å². The fraction of sp³-hybridized carbons (Fsp3) is 0.316. The first-order valence-electron chi connectivity index (χ1n) is 8.88. The summed E-state index contributed by atoms with van der Waals surface area (Å²) in [7, 11) is -4.01. The van der Waals surface area contributed by atoms with Crippen molar-refractivity contribution in [1.29, 1.82) is 0 Å². The first-order valence-corrected chi connectivity index (χ1v) is 10.7. The first kappa shape index (κ1) is 24.0. The van der Waals surface area contributed by atoms with Gasteiger partial charge in [-0.15, -0.1) is 0 Å². The minimum absolute atomic E-state index is 0.0285. The van der Waals surface area contributed by atoms with Gasteiger partial charge in [-0.25, -0.2) is 8.42 Å². The normalized spacial score (nSPS) is 12.1. The Labute approximate surface area is 177 Å². The zero-order chi connectivity index (χ0) is 22.5. The highest BCUT2D eigenvalue weighted by atomic mass is 35.5. The third kappa shape index (κ3) is 5.87. The van der Waals surface area contributed by atoms with Gasteiger partial charge in [0.15, 0.2) is 0 Å². The van der Waals surface area contributed by atoms with E-state index in [4.69, 9.17) is 16.3 Å². The van der Waals surface area contributed by atoms with Gasteiger partial charge < -0.3 is 10.1 Å². The topological polar surface area (TPSA) is 75.7 Å². The molecule has 0 bridgehead atoms. The maximum Gasteiger partial charge on any atom is 0.416 e. The number of alkyl halides is 3. The van der Waals surface area contributed by atoms with Crippen LogP contribution >= 0.6 is 11.6 Å². The maximum atomic E-state index is 12.9. The molecule has 0 saturated carbocycles. The molecule has 2 aromatic carbocycles. The molecule has 0 fully saturated rings. The van der Waals surface area contributed by atoms with E-state index in [1.165, 1.54) is 31.2 Å². The Kier molecular flexibility index (Phi) is 7.73. The summed E-state index contributed by atoms with van der Waals surface area (Å²) >= 11 is 5.86. The Balaban J connectivity index is 2.18. The molecule has 0 aliphatic heterocycles. The summed E-state index contributed by atoms with van der Waals surface area (Å²) in [4.78, 5) is 12.3. The molecule has 0 unspecified atom stereocenters. The number of nitrogens with zero attached hydrogens (tertiary/aromatic N) is 1. The van der Waals surface area contributed by atoms with E-state index in [1.54, 1.807) is 6.92 Å². The predicted molar refractivity (Wildman–Crippen MR) is 107 cm³/mol. The molecule has 0 aliphatic carbocycles. The number of anilines is 1. The fourth-order valence-corrected chi connectivity index (χ4v) is 4.11. The van der Waals surface area contributed by atoms with Crippen molar-refractivity contribution in [3.63, 3.8) is 0 Å². The molecule has 30 heavy (non-hydrogen) atoms. The average Bonchev–Trinajstić information content (AvgIpc) is 2.67. The number of likely N-dealkylation sites (N-methyl/N-ethyl adjacent to an activating group) is 1. The summed E-state index contributed by atoms with van der Waals surface area (Å²) < 4.78 is 70.4. The molecule has 2 aromatic rings. The number of sulfonamides is 1. The van der Waals surface area contributed by atoms with Crippen LogP contribution < -0.4 is 10.1 Å². The minimum Gasteiger partial charge on any atom is -0.494 e. The quantitative estimate of drug-likeness (QED) is 0.628. The van der Waals surface area contributed by atoms with Crippen molar-refractivity contribution in [3.8, 4) is 5.75 Å². The Morgan fingerprint density at radius 2 is 1.77 bits per heavy atom. The van der Waals surface area contributed by atoms with Gasteiger partial charge >= 0.3 is 6.18 Å². The van der Waals surface area contributed by atoms with Gasteiger partial charge in [0, 0.05) is 6.54 Å². The highest BCUT2D eigenvalue weighted by molar-refractivity contribution is 7.89. The van der Waals surface area contributed by atoms with Crippen molar-refractivity contribution in [2.75, 3.05) is 25.0 Å². The van der Waals surface area contributed by atoms with Crippen LogP contribution in [0.2, 0.25) is 5.02 Å². The molecular weight excluding hydrogens is 445 g/mol. The summed E-state index contributed by atoms with van der Waals surface area (Å²) in [6.07, 6.45) is -4.61. The molecule has 0 radical (unpaired) electrons. The van der Waals surface area contributed by atoms with Crippen LogP contribution in [0.15, 0.2) is 47.4 Å². The molecule has 1 N–H and O–H groups in total. The zero-order valence-electron chi connectivity index (χ0n) is 16.2. The summed E-state index contributed by atoms with van der Waals surface area (Å²) in [5.74, 6) is -0.330. The van der Waals surface area contributed by atoms with Gasteiger partial charge in [-0.1, -0.05) is 18.5 Å². The van der Waals surface area contributed by atoms with Crippen molar-refractivity contribution in [2.24, 2.45) is 0 Å². The van der Waals surface area contributed by atoms with Crippen LogP contribution in [0.1, 0.15) is 19.4 Å². The van der Waals surface area contributed by atoms with E-state index in [0.29, 0.717) is 18.4 Å². The number of amides is 1. The molecule has 164 valence electrons. The van der Waals surface area contributed by atoms with E-state index in [0.717, 1.165) is 16.4 Å². The number of halogens is 4. The van der Waals surface area contributed by atoms with Crippen molar-refractivity contribution in [1.82, 2.24) is 4.31 Å². The first-order chi connectivity index (χ1) is 14.0. The number of hydrogen-bond donors (Lipinski definition) is 1. The van der Waals surface area contributed by atoms with Gasteiger partial charge in [-0.3, -0.25) is 4.79 Å². The van der Waals surface area contributed by atoms with Crippen LogP contribution in [0.5, 0.6) is 5.75 Å². The molecule has 6 nitrogen and oxygen atoms in total. The van der Waals surface area contributed by atoms with E-state index >= 15 is 0 Å². The van der Waals surface area contributed by atoms with Crippen LogP contribution in [0.3, 0.4) is 0 Å². The third-order valence-electron chi connectivity index (χ3n) is 4.01. The van der Waals surface area contributed by atoms with Gasteiger partial charge in [0.25, 0.3) is 0 Å². The Morgan fingerprint density at radius 1 is 1.13 bits per heavy atom. The summed E-state index contributed by atoms with van der Waals surface area (Å²) in [5, 5.41) is 2.14. The van der Waals surface area contributed by atoms with Gasteiger partial charge in [-0.05, 0) is 49.4 Å². The van der Waals surface area contributed by atoms with Gasteiger partial charge in [0.1, 0.15) is 5.75 Å². The SMILES string of the molecule is CCOc1ccc(S(=O)(=O)N(CC)CC(=O)Nc2cc(C(F)(F)F)ccc2Cl)cc1. The number of hydrogen-bond acceptors (Lipinski definition) is 4. The van der Waals surface area contributed by atoms with Crippen molar-refractivity contribution in [3.05, 3.63) is 53.1 Å².